The predicted molar refractivity (Wildman–Crippen MR) is 90.0 cm³/mol. The molecule has 2 heterocycles. The summed E-state index contributed by atoms with van der Waals surface area (Å²) >= 11 is 0. The summed E-state index contributed by atoms with van der Waals surface area (Å²) in [5.74, 6) is 0.861. The van der Waals surface area contributed by atoms with Crippen molar-refractivity contribution < 1.29 is 9.53 Å². The molecule has 2 aromatic carbocycles. The molecule has 4 rings (SSSR count). The summed E-state index contributed by atoms with van der Waals surface area (Å²) in [5.41, 5.74) is 3.45. The van der Waals surface area contributed by atoms with Gasteiger partial charge in [-0.3, -0.25) is 4.79 Å². The highest BCUT2D eigenvalue weighted by atomic mass is 16.5. The molecular formula is C18H18N4O2. The summed E-state index contributed by atoms with van der Waals surface area (Å²) in [6.07, 6.45) is 0.0519. The molecule has 122 valence electrons. The smallest absolute Gasteiger partial charge is 0.254 e. The van der Waals surface area contributed by atoms with Crippen LogP contribution in [0.1, 0.15) is 15.9 Å². The van der Waals surface area contributed by atoms with E-state index in [-0.39, 0.29) is 12.0 Å². The van der Waals surface area contributed by atoms with Crippen molar-refractivity contribution in [3.05, 3.63) is 53.6 Å². The van der Waals surface area contributed by atoms with Crippen LogP contribution in [0.5, 0.6) is 5.75 Å². The highest BCUT2D eigenvalue weighted by Crippen LogP contribution is 2.22. The lowest BCUT2D eigenvalue weighted by Gasteiger charge is -2.39. The first kappa shape index (κ1) is 14.7. The van der Waals surface area contributed by atoms with Crippen LogP contribution in [0, 0.1) is 6.92 Å². The van der Waals surface area contributed by atoms with E-state index in [0.717, 1.165) is 22.3 Å². The number of ether oxygens (including phenoxy) is 1. The van der Waals surface area contributed by atoms with Gasteiger partial charge in [-0.2, -0.15) is 0 Å². The fourth-order valence-electron chi connectivity index (χ4n) is 2.92. The maximum atomic E-state index is 12.5. The molecule has 0 saturated carbocycles. The molecular weight excluding hydrogens is 304 g/mol. The quantitative estimate of drug-likeness (QED) is 0.741. The van der Waals surface area contributed by atoms with Crippen LogP contribution in [0.15, 0.2) is 42.5 Å². The Morgan fingerprint density at radius 3 is 2.83 bits per heavy atom. The van der Waals surface area contributed by atoms with E-state index in [1.165, 1.54) is 0 Å². The van der Waals surface area contributed by atoms with Crippen molar-refractivity contribution in [1.29, 1.82) is 0 Å². The number of hydrogen-bond acceptors (Lipinski definition) is 4. The Bertz CT molecular complexity index is 912. The second kappa shape index (κ2) is 5.63. The van der Waals surface area contributed by atoms with Gasteiger partial charge in [-0.05, 0) is 42.8 Å². The molecule has 0 bridgehead atoms. The zero-order valence-electron chi connectivity index (χ0n) is 13.6. The Balaban J connectivity index is 1.41. The minimum absolute atomic E-state index is 0.00615. The molecule has 1 aromatic heterocycles. The fourth-order valence-corrected chi connectivity index (χ4v) is 2.92. The average molecular weight is 322 g/mol. The second-order valence-electron chi connectivity index (χ2n) is 6.18. The van der Waals surface area contributed by atoms with E-state index in [9.17, 15) is 4.79 Å². The van der Waals surface area contributed by atoms with Crippen LogP contribution >= 0.6 is 0 Å². The molecule has 6 nitrogen and oxygen atoms in total. The van der Waals surface area contributed by atoms with Crippen LogP contribution in [0.2, 0.25) is 0 Å². The molecule has 0 radical (unpaired) electrons. The number of carbonyl (C=O) groups excluding carboxylic acids is 1. The van der Waals surface area contributed by atoms with Crippen LogP contribution in [-0.2, 0) is 7.05 Å². The van der Waals surface area contributed by atoms with E-state index < -0.39 is 0 Å². The predicted octanol–water partition coefficient (Wildman–Crippen LogP) is 2.18. The number of aromatic nitrogens is 3. The molecule has 6 heteroatoms. The lowest BCUT2D eigenvalue weighted by Crippen LogP contribution is -2.56. The molecule has 3 aromatic rings. The summed E-state index contributed by atoms with van der Waals surface area (Å²) in [7, 11) is 1.83. The zero-order chi connectivity index (χ0) is 16.7. The maximum absolute atomic E-state index is 12.5. The van der Waals surface area contributed by atoms with Crippen LogP contribution in [-0.4, -0.2) is 45.0 Å². The van der Waals surface area contributed by atoms with E-state index >= 15 is 0 Å². The SMILES string of the molecule is Cc1cccc(OC2CN(C(=O)c3ccc4c(c3)nnn4C)C2)c1. The van der Waals surface area contributed by atoms with Crippen molar-refractivity contribution in [1.82, 2.24) is 19.9 Å². The lowest BCUT2D eigenvalue weighted by molar-refractivity contribution is 0.0178. The van der Waals surface area contributed by atoms with Crippen molar-refractivity contribution in [2.75, 3.05) is 13.1 Å². The van der Waals surface area contributed by atoms with Gasteiger partial charge in [0.1, 0.15) is 17.4 Å². The normalized spacial score (nSPS) is 14.7. The molecule has 1 fully saturated rings. The first-order valence-electron chi connectivity index (χ1n) is 7.92. The summed E-state index contributed by atoms with van der Waals surface area (Å²) in [6.45, 7) is 3.24. The third kappa shape index (κ3) is 2.60. The van der Waals surface area contributed by atoms with Gasteiger partial charge in [0.15, 0.2) is 0 Å². The Hall–Kier alpha value is -2.89. The molecule has 1 aliphatic heterocycles. The van der Waals surface area contributed by atoms with Crippen LogP contribution in [0.4, 0.5) is 0 Å². The lowest BCUT2D eigenvalue weighted by atomic mass is 10.1. The van der Waals surface area contributed by atoms with Crippen LogP contribution in [0.3, 0.4) is 0 Å². The second-order valence-corrected chi connectivity index (χ2v) is 6.18. The molecule has 0 N–H and O–H groups in total. The van der Waals surface area contributed by atoms with E-state index in [4.69, 9.17) is 4.74 Å². The van der Waals surface area contributed by atoms with Gasteiger partial charge in [-0.25, -0.2) is 4.68 Å². The molecule has 0 unspecified atom stereocenters. The first-order valence-corrected chi connectivity index (χ1v) is 7.92. The van der Waals surface area contributed by atoms with E-state index in [0.29, 0.717) is 18.7 Å². The van der Waals surface area contributed by atoms with Gasteiger partial charge >= 0.3 is 0 Å². The van der Waals surface area contributed by atoms with Crippen molar-refractivity contribution >= 4 is 16.9 Å². The van der Waals surface area contributed by atoms with Gasteiger partial charge in [0, 0.05) is 12.6 Å². The van der Waals surface area contributed by atoms with Gasteiger partial charge in [-0.1, -0.05) is 17.3 Å². The van der Waals surface area contributed by atoms with Crippen LogP contribution < -0.4 is 4.74 Å². The highest BCUT2D eigenvalue weighted by molar-refractivity contribution is 5.97. The Labute approximate surface area is 139 Å². The zero-order valence-corrected chi connectivity index (χ0v) is 13.6. The number of rotatable bonds is 3. The topological polar surface area (TPSA) is 60.2 Å². The number of benzene rings is 2. The standard InChI is InChI=1S/C18H18N4O2/c1-12-4-3-5-14(8-12)24-15-10-22(11-15)18(23)13-6-7-17-16(9-13)19-20-21(17)2/h3-9,15H,10-11H2,1-2H3. The van der Waals surface area contributed by atoms with Crippen molar-refractivity contribution in [3.63, 3.8) is 0 Å². The summed E-state index contributed by atoms with van der Waals surface area (Å²) in [6, 6.07) is 13.5. The van der Waals surface area contributed by atoms with Gasteiger partial charge in [0.05, 0.1) is 18.6 Å². The molecule has 0 spiro atoms. The van der Waals surface area contributed by atoms with E-state index in [2.05, 4.69) is 10.3 Å². The average Bonchev–Trinajstić information content (AvgIpc) is 2.91. The minimum atomic E-state index is 0.00615. The number of likely N-dealkylation sites (tertiary alicyclic amines) is 1. The van der Waals surface area contributed by atoms with Crippen molar-refractivity contribution in [2.24, 2.45) is 7.05 Å². The molecule has 0 aliphatic carbocycles. The molecule has 1 saturated heterocycles. The van der Waals surface area contributed by atoms with E-state index in [1.807, 2.05) is 50.4 Å². The van der Waals surface area contributed by atoms with Gasteiger partial charge in [-0.15, -0.1) is 5.10 Å². The first-order chi connectivity index (χ1) is 11.6. The maximum Gasteiger partial charge on any atom is 0.254 e. The third-order valence-corrected chi connectivity index (χ3v) is 4.29. The minimum Gasteiger partial charge on any atom is -0.487 e. The number of hydrogen-bond donors (Lipinski definition) is 0. The number of carbonyl (C=O) groups is 1. The van der Waals surface area contributed by atoms with Gasteiger partial charge < -0.3 is 9.64 Å². The Kier molecular flexibility index (Phi) is 3.45. The van der Waals surface area contributed by atoms with Crippen molar-refractivity contribution in [3.8, 4) is 5.75 Å². The largest absolute Gasteiger partial charge is 0.487 e. The number of nitrogens with zero attached hydrogens (tertiary/aromatic N) is 4. The van der Waals surface area contributed by atoms with Gasteiger partial charge in [0.25, 0.3) is 5.91 Å². The molecule has 0 atom stereocenters. The Morgan fingerprint density at radius 2 is 2.04 bits per heavy atom. The summed E-state index contributed by atoms with van der Waals surface area (Å²) in [5, 5.41) is 8.02. The van der Waals surface area contributed by atoms with Crippen LogP contribution in [0.25, 0.3) is 11.0 Å². The fraction of sp³-hybridized carbons (Fsp3) is 0.278. The Morgan fingerprint density at radius 1 is 1.21 bits per heavy atom. The number of amides is 1. The molecule has 1 aliphatic rings. The van der Waals surface area contributed by atoms with Crippen molar-refractivity contribution in [2.45, 2.75) is 13.0 Å². The third-order valence-electron chi connectivity index (χ3n) is 4.29. The monoisotopic (exact) mass is 322 g/mol. The number of fused-ring (bicyclic) bond motifs is 1. The van der Waals surface area contributed by atoms with E-state index in [1.54, 1.807) is 15.6 Å². The summed E-state index contributed by atoms with van der Waals surface area (Å²) in [4.78, 5) is 14.3. The molecule has 24 heavy (non-hydrogen) atoms. The summed E-state index contributed by atoms with van der Waals surface area (Å²) < 4.78 is 7.59. The molecule has 1 amide bonds. The van der Waals surface area contributed by atoms with Gasteiger partial charge in [0.2, 0.25) is 0 Å². The number of aryl methyl sites for hydroxylation is 2. The highest BCUT2D eigenvalue weighted by Gasteiger charge is 2.33.